The predicted molar refractivity (Wildman–Crippen MR) is 51.6 cm³/mol. The van der Waals surface area contributed by atoms with Crippen LogP contribution in [-0.2, 0) is 22.1 Å². The van der Waals surface area contributed by atoms with E-state index in [1.54, 1.807) is 0 Å². The lowest BCUT2D eigenvalue weighted by Crippen LogP contribution is -2.12. The summed E-state index contributed by atoms with van der Waals surface area (Å²) in [5.74, 6) is -0.426. The third-order valence-corrected chi connectivity index (χ3v) is 2.71. The lowest BCUT2D eigenvalue weighted by atomic mass is 10.2. The van der Waals surface area contributed by atoms with E-state index in [0.29, 0.717) is 16.9 Å². The van der Waals surface area contributed by atoms with Crippen molar-refractivity contribution in [2.45, 2.75) is 11.4 Å². The molecule has 0 bridgehead atoms. The summed E-state index contributed by atoms with van der Waals surface area (Å²) in [5, 5.41) is 2.44. The molecule has 76 valence electrons. The molecule has 1 rings (SSSR count). The number of nitrogens with one attached hydrogen (secondary N) is 1. The van der Waals surface area contributed by atoms with Crippen molar-refractivity contribution in [3.63, 3.8) is 0 Å². The van der Waals surface area contributed by atoms with Gasteiger partial charge in [-0.15, -0.1) is 0 Å². The number of benzene rings is 1. The second kappa shape index (κ2) is 4.85. The van der Waals surface area contributed by atoms with Crippen molar-refractivity contribution in [2.24, 2.45) is 0 Å². The van der Waals surface area contributed by atoms with Gasteiger partial charge in [-0.3, -0.25) is 9.00 Å². The van der Waals surface area contributed by atoms with E-state index in [9.17, 15) is 13.4 Å². The number of halogens is 1. The van der Waals surface area contributed by atoms with Crippen molar-refractivity contribution in [2.75, 3.05) is 6.26 Å². The van der Waals surface area contributed by atoms with Crippen molar-refractivity contribution in [1.82, 2.24) is 5.32 Å². The second-order valence-electron chi connectivity index (χ2n) is 2.70. The van der Waals surface area contributed by atoms with Crippen LogP contribution in [0.4, 0.5) is 4.39 Å². The van der Waals surface area contributed by atoms with Gasteiger partial charge in [0.1, 0.15) is 5.82 Å². The summed E-state index contributed by atoms with van der Waals surface area (Å²) in [6.45, 7) is 0.263. The van der Waals surface area contributed by atoms with E-state index in [4.69, 9.17) is 0 Å². The molecule has 5 heteroatoms. The van der Waals surface area contributed by atoms with Gasteiger partial charge in [0.2, 0.25) is 6.41 Å². The van der Waals surface area contributed by atoms with Crippen LogP contribution in [0.1, 0.15) is 5.56 Å². The highest BCUT2D eigenvalue weighted by atomic mass is 32.2. The molecular formula is C9H10FNO2S. The molecule has 1 N–H and O–H groups in total. The Morgan fingerprint density at radius 2 is 2.29 bits per heavy atom. The van der Waals surface area contributed by atoms with Gasteiger partial charge in [0.25, 0.3) is 0 Å². The molecule has 0 aliphatic rings. The summed E-state index contributed by atoms with van der Waals surface area (Å²) in [7, 11) is -1.25. The minimum absolute atomic E-state index is 0.263. The zero-order chi connectivity index (χ0) is 10.6. The molecule has 1 aromatic rings. The molecule has 0 saturated heterocycles. The maximum atomic E-state index is 12.8. The minimum Gasteiger partial charge on any atom is -0.355 e. The van der Waals surface area contributed by atoms with Crippen molar-refractivity contribution in [3.8, 4) is 0 Å². The van der Waals surface area contributed by atoms with E-state index in [1.807, 2.05) is 0 Å². The van der Waals surface area contributed by atoms with Gasteiger partial charge >= 0.3 is 0 Å². The molecule has 1 amide bonds. The Balaban J connectivity index is 3.01. The summed E-state index contributed by atoms with van der Waals surface area (Å²) in [6, 6.07) is 4.01. The van der Waals surface area contributed by atoms with Crippen molar-refractivity contribution >= 4 is 17.2 Å². The largest absolute Gasteiger partial charge is 0.355 e. The number of amides is 1. The zero-order valence-corrected chi connectivity index (χ0v) is 8.44. The standard InChI is InChI=1S/C9H10FNO2S/c1-14(13)9-4-8(10)3-2-7(9)5-11-6-12/h2-4,6H,5H2,1H3,(H,11,12). The molecule has 0 spiro atoms. The van der Waals surface area contributed by atoms with Crippen molar-refractivity contribution in [1.29, 1.82) is 0 Å². The Kier molecular flexibility index (Phi) is 3.76. The van der Waals surface area contributed by atoms with Gasteiger partial charge < -0.3 is 5.32 Å². The van der Waals surface area contributed by atoms with Crippen LogP contribution in [0.3, 0.4) is 0 Å². The Labute approximate surface area is 83.8 Å². The molecule has 0 saturated carbocycles. The number of rotatable bonds is 4. The Hall–Kier alpha value is -1.23. The van der Waals surface area contributed by atoms with Crippen LogP contribution in [0.5, 0.6) is 0 Å². The van der Waals surface area contributed by atoms with Gasteiger partial charge in [0.05, 0.1) is 10.8 Å². The molecular weight excluding hydrogens is 205 g/mol. The highest BCUT2D eigenvalue weighted by Gasteiger charge is 2.06. The van der Waals surface area contributed by atoms with E-state index in [0.717, 1.165) is 0 Å². The molecule has 1 aromatic carbocycles. The molecule has 1 atom stereocenters. The fourth-order valence-corrected chi connectivity index (χ4v) is 1.88. The SMILES string of the molecule is CS(=O)c1cc(F)ccc1CNC=O. The van der Waals surface area contributed by atoms with E-state index in [-0.39, 0.29) is 6.54 Å². The minimum atomic E-state index is -1.25. The zero-order valence-electron chi connectivity index (χ0n) is 7.62. The van der Waals surface area contributed by atoms with Crippen LogP contribution in [0.15, 0.2) is 23.1 Å². The maximum absolute atomic E-state index is 12.8. The third-order valence-electron chi connectivity index (χ3n) is 1.71. The first-order valence-electron chi connectivity index (χ1n) is 3.94. The Morgan fingerprint density at radius 3 is 2.86 bits per heavy atom. The summed E-state index contributed by atoms with van der Waals surface area (Å²) in [6.07, 6.45) is 2.02. The average Bonchev–Trinajstić information content (AvgIpc) is 2.15. The van der Waals surface area contributed by atoms with Crippen LogP contribution >= 0.6 is 0 Å². The summed E-state index contributed by atoms with van der Waals surface area (Å²) < 4.78 is 24.0. The van der Waals surface area contributed by atoms with Crippen LogP contribution in [0, 0.1) is 5.82 Å². The first-order chi connectivity index (χ1) is 6.65. The molecule has 0 aromatic heterocycles. The van der Waals surface area contributed by atoms with E-state index >= 15 is 0 Å². The molecule has 0 fully saturated rings. The van der Waals surface area contributed by atoms with Crippen molar-refractivity contribution in [3.05, 3.63) is 29.6 Å². The molecule has 0 aliphatic heterocycles. The summed E-state index contributed by atoms with van der Waals surface area (Å²) >= 11 is 0. The fourth-order valence-electron chi connectivity index (χ4n) is 1.09. The van der Waals surface area contributed by atoms with Gasteiger partial charge in [-0.05, 0) is 17.7 Å². The van der Waals surface area contributed by atoms with Crippen LogP contribution in [0.25, 0.3) is 0 Å². The number of hydrogen-bond acceptors (Lipinski definition) is 2. The first kappa shape index (κ1) is 10.8. The second-order valence-corrected chi connectivity index (χ2v) is 4.05. The Morgan fingerprint density at radius 1 is 1.57 bits per heavy atom. The average molecular weight is 215 g/mol. The highest BCUT2D eigenvalue weighted by Crippen LogP contribution is 2.14. The smallest absolute Gasteiger partial charge is 0.207 e. The fraction of sp³-hybridized carbons (Fsp3) is 0.222. The Bertz CT molecular complexity index is 368. The lowest BCUT2D eigenvalue weighted by Gasteiger charge is -2.06. The van der Waals surface area contributed by atoms with Gasteiger partial charge in [0, 0.05) is 17.7 Å². The van der Waals surface area contributed by atoms with Crippen molar-refractivity contribution < 1.29 is 13.4 Å². The normalized spacial score (nSPS) is 12.1. The summed E-state index contributed by atoms with van der Waals surface area (Å²) in [5.41, 5.74) is 0.666. The van der Waals surface area contributed by atoms with Gasteiger partial charge in [-0.2, -0.15) is 0 Å². The van der Waals surface area contributed by atoms with Gasteiger partial charge in [-0.25, -0.2) is 4.39 Å². The number of hydrogen-bond donors (Lipinski definition) is 1. The molecule has 1 unspecified atom stereocenters. The summed E-state index contributed by atoms with van der Waals surface area (Å²) in [4.78, 5) is 10.5. The molecule has 0 aliphatic carbocycles. The first-order valence-corrected chi connectivity index (χ1v) is 5.50. The monoisotopic (exact) mass is 215 g/mol. The number of carbonyl (C=O) groups excluding carboxylic acids is 1. The number of carbonyl (C=O) groups is 1. The topological polar surface area (TPSA) is 46.2 Å². The van der Waals surface area contributed by atoms with Crippen LogP contribution < -0.4 is 5.32 Å². The van der Waals surface area contributed by atoms with E-state index in [1.165, 1.54) is 24.5 Å². The quantitative estimate of drug-likeness (QED) is 0.755. The van der Waals surface area contributed by atoms with Gasteiger partial charge in [0.15, 0.2) is 0 Å². The molecule has 14 heavy (non-hydrogen) atoms. The van der Waals surface area contributed by atoms with Crippen LogP contribution in [-0.4, -0.2) is 16.9 Å². The van der Waals surface area contributed by atoms with Gasteiger partial charge in [-0.1, -0.05) is 6.07 Å². The molecule has 3 nitrogen and oxygen atoms in total. The maximum Gasteiger partial charge on any atom is 0.207 e. The molecule has 0 radical (unpaired) electrons. The lowest BCUT2D eigenvalue weighted by molar-refractivity contribution is -0.109. The van der Waals surface area contributed by atoms with E-state index in [2.05, 4.69) is 5.32 Å². The van der Waals surface area contributed by atoms with Crippen LogP contribution in [0.2, 0.25) is 0 Å². The molecule has 0 heterocycles. The highest BCUT2D eigenvalue weighted by molar-refractivity contribution is 7.84. The third kappa shape index (κ3) is 2.63. The van der Waals surface area contributed by atoms with E-state index < -0.39 is 16.6 Å². The predicted octanol–water partition coefficient (Wildman–Crippen LogP) is 0.809.